The standard InChI is InChI=1S/C21H21BFN5O3/c1-12-8-15-17(22(30)31)6-3-7-18(15)28(12)21-26-11-16(19(24)29)20(27-21)25-10-13-4-2-5-14(23)9-13/h2-7,9,11-12,30-31H,8,10H2,1H3,(H2,24,29)(H,25,26,27). The van der Waals surface area contributed by atoms with E-state index in [4.69, 9.17) is 5.73 Å². The van der Waals surface area contributed by atoms with Gasteiger partial charge in [-0.25, -0.2) is 9.37 Å². The fraction of sp³-hybridized carbons (Fsp3) is 0.190. The van der Waals surface area contributed by atoms with E-state index in [1.165, 1.54) is 18.3 Å². The lowest BCUT2D eigenvalue weighted by molar-refractivity contribution is 0.100. The minimum Gasteiger partial charge on any atom is -0.423 e. The quantitative estimate of drug-likeness (QED) is 0.439. The number of hydrogen-bond donors (Lipinski definition) is 4. The second kappa shape index (κ2) is 8.33. The number of nitrogens with zero attached hydrogens (tertiary/aromatic N) is 3. The van der Waals surface area contributed by atoms with Crippen LogP contribution in [0.2, 0.25) is 0 Å². The Labute approximate surface area is 178 Å². The van der Waals surface area contributed by atoms with E-state index >= 15 is 0 Å². The third-order valence-electron chi connectivity index (χ3n) is 5.27. The molecule has 0 fully saturated rings. The summed E-state index contributed by atoms with van der Waals surface area (Å²) in [6.45, 7) is 2.21. The maximum Gasteiger partial charge on any atom is 0.488 e. The third kappa shape index (κ3) is 4.07. The Kier molecular flexibility index (Phi) is 5.58. The maximum atomic E-state index is 13.5. The summed E-state index contributed by atoms with van der Waals surface area (Å²) in [5.41, 5.74) is 8.28. The predicted octanol–water partition coefficient (Wildman–Crippen LogP) is 1.09. The van der Waals surface area contributed by atoms with E-state index in [-0.39, 0.29) is 29.8 Å². The summed E-state index contributed by atoms with van der Waals surface area (Å²) in [5, 5.41) is 22.4. The van der Waals surface area contributed by atoms with E-state index in [0.717, 1.165) is 11.3 Å². The van der Waals surface area contributed by atoms with E-state index in [2.05, 4.69) is 15.3 Å². The second-order valence-corrected chi connectivity index (χ2v) is 7.42. The van der Waals surface area contributed by atoms with Gasteiger partial charge >= 0.3 is 7.12 Å². The van der Waals surface area contributed by atoms with Crippen LogP contribution < -0.4 is 21.4 Å². The number of carbonyl (C=O) groups is 1. The first-order chi connectivity index (χ1) is 14.8. The number of benzene rings is 2. The number of anilines is 3. The minimum atomic E-state index is -1.58. The van der Waals surface area contributed by atoms with Crippen LogP contribution in [0, 0.1) is 5.82 Å². The van der Waals surface area contributed by atoms with Gasteiger partial charge in [0, 0.05) is 24.5 Å². The summed E-state index contributed by atoms with van der Waals surface area (Å²) in [7, 11) is -1.58. The van der Waals surface area contributed by atoms with Gasteiger partial charge in [-0.2, -0.15) is 4.98 Å². The topological polar surface area (TPSA) is 125 Å². The summed E-state index contributed by atoms with van der Waals surface area (Å²) in [6, 6.07) is 11.3. The largest absolute Gasteiger partial charge is 0.488 e. The van der Waals surface area contributed by atoms with Crippen molar-refractivity contribution in [3.63, 3.8) is 0 Å². The van der Waals surface area contributed by atoms with Crippen molar-refractivity contribution >= 4 is 35.9 Å². The maximum absolute atomic E-state index is 13.5. The molecule has 0 spiro atoms. The minimum absolute atomic E-state index is 0.0506. The first-order valence-electron chi connectivity index (χ1n) is 9.77. The Balaban J connectivity index is 1.70. The molecule has 1 amide bonds. The van der Waals surface area contributed by atoms with Crippen molar-refractivity contribution in [3.8, 4) is 0 Å². The lowest BCUT2D eigenvalue weighted by Crippen LogP contribution is -2.32. The summed E-state index contributed by atoms with van der Waals surface area (Å²) < 4.78 is 13.5. The highest BCUT2D eigenvalue weighted by molar-refractivity contribution is 6.59. The van der Waals surface area contributed by atoms with Gasteiger partial charge in [0.25, 0.3) is 5.91 Å². The first kappa shape index (κ1) is 20.8. The number of primary amides is 1. The van der Waals surface area contributed by atoms with Crippen LogP contribution in [-0.2, 0) is 13.0 Å². The van der Waals surface area contributed by atoms with Crippen molar-refractivity contribution in [1.82, 2.24) is 9.97 Å². The van der Waals surface area contributed by atoms with Crippen LogP contribution >= 0.6 is 0 Å². The average Bonchev–Trinajstić information content (AvgIpc) is 3.07. The summed E-state index contributed by atoms with van der Waals surface area (Å²) >= 11 is 0. The summed E-state index contributed by atoms with van der Waals surface area (Å²) in [6.07, 6.45) is 1.93. The number of halogens is 1. The Morgan fingerprint density at radius 3 is 2.81 bits per heavy atom. The number of nitrogens with two attached hydrogens (primary N) is 1. The number of rotatable bonds is 6. The van der Waals surface area contributed by atoms with Gasteiger partial charge in [0.1, 0.15) is 11.6 Å². The van der Waals surface area contributed by atoms with Crippen LogP contribution in [0.4, 0.5) is 21.8 Å². The molecule has 10 heteroatoms. The molecule has 1 aliphatic rings. The number of carbonyl (C=O) groups excluding carboxylic acids is 1. The molecule has 4 rings (SSSR count). The Hall–Kier alpha value is -3.50. The van der Waals surface area contributed by atoms with Gasteiger partial charge in [-0.05, 0) is 48.1 Å². The summed E-state index contributed by atoms with van der Waals surface area (Å²) in [5.74, 6) is -0.473. The molecule has 0 bridgehead atoms. The molecule has 2 heterocycles. The zero-order valence-corrected chi connectivity index (χ0v) is 16.8. The molecule has 1 aliphatic heterocycles. The molecule has 3 aromatic rings. The van der Waals surface area contributed by atoms with Crippen LogP contribution in [0.25, 0.3) is 0 Å². The normalized spacial score (nSPS) is 15.0. The van der Waals surface area contributed by atoms with Gasteiger partial charge in [-0.3, -0.25) is 4.79 Å². The molecule has 1 unspecified atom stereocenters. The van der Waals surface area contributed by atoms with Crippen LogP contribution in [0.15, 0.2) is 48.7 Å². The molecular formula is C21H21BFN5O3. The number of amides is 1. The van der Waals surface area contributed by atoms with Crippen molar-refractivity contribution in [1.29, 1.82) is 0 Å². The molecule has 1 atom stereocenters. The van der Waals surface area contributed by atoms with Crippen LogP contribution in [0.3, 0.4) is 0 Å². The summed E-state index contributed by atoms with van der Waals surface area (Å²) in [4.78, 5) is 22.6. The van der Waals surface area contributed by atoms with E-state index < -0.39 is 13.0 Å². The monoisotopic (exact) mass is 421 g/mol. The van der Waals surface area contributed by atoms with E-state index in [1.807, 2.05) is 17.9 Å². The highest BCUT2D eigenvalue weighted by Gasteiger charge is 2.33. The van der Waals surface area contributed by atoms with Crippen LogP contribution in [-0.4, -0.2) is 39.1 Å². The van der Waals surface area contributed by atoms with Crippen LogP contribution in [0.1, 0.15) is 28.4 Å². The molecule has 1 aromatic heterocycles. The third-order valence-corrected chi connectivity index (χ3v) is 5.27. The van der Waals surface area contributed by atoms with Crippen molar-refractivity contribution in [2.45, 2.75) is 25.9 Å². The smallest absolute Gasteiger partial charge is 0.423 e. The highest BCUT2D eigenvalue weighted by atomic mass is 19.1. The van der Waals surface area contributed by atoms with Gasteiger partial charge < -0.3 is 26.0 Å². The second-order valence-electron chi connectivity index (χ2n) is 7.42. The van der Waals surface area contributed by atoms with Gasteiger partial charge in [-0.15, -0.1) is 0 Å². The molecule has 8 nitrogen and oxygen atoms in total. The molecule has 0 saturated carbocycles. The SMILES string of the molecule is CC1Cc2c(B(O)O)cccc2N1c1ncc(C(N)=O)c(NCc2cccc(F)c2)n1. The number of fused-ring (bicyclic) bond motifs is 1. The van der Waals surface area contributed by atoms with Gasteiger partial charge in [0.05, 0.1) is 5.56 Å². The lowest BCUT2D eigenvalue weighted by atomic mass is 9.76. The molecule has 158 valence electrons. The first-order valence-corrected chi connectivity index (χ1v) is 9.77. The number of nitrogens with one attached hydrogen (secondary N) is 1. The van der Waals surface area contributed by atoms with Crippen molar-refractivity contribution in [2.24, 2.45) is 5.73 Å². The molecule has 0 aliphatic carbocycles. The van der Waals surface area contributed by atoms with Crippen LogP contribution in [0.5, 0.6) is 0 Å². The highest BCUT2D eigenvalue weighted by Crippen LogP contribution is 2.36. The van der Waals surface area contributed by atoms with Gasteiger partial charge in [0.2, 0.25) is 5.95 Å². The van der Waals surface area contributed by atoms with Crippen molar-refractivity contribution in [2.75, 3.05) is 10.2 Å². The van der Waals surface area contributed by atoms with Gasteiger partial charge in [0.15, 0.2) is 0 Å². The molecule has 0 radical (unpaired) electrons. The number of aromatic nitrogens is 2. The fourth-order valence-corrected chi connectivity index (χ4v) is 3.85. The average molecular weight is 421 g/mol. The molecule has 2 aromatic carbocycles. The van der Waals surface area contributed by atoms with E-state index in [1.54, 1.807) is 24.3 Å². The Morgan fingerprint density at radius 1 is 1.32 bits per heavy atom. The molecule has 31 heavy (non-hydrogen) atoms. The molecule has 5 N–H and O–H groups in total. The molecule has 0 saturated heterocycles. The Bertz CT molecular complexity index is 1140. The Morgan fingerprint density at radius 2 is 2.10 bits per heavy atom. The van der Waals surface area contributed by atoms with Crippen molar-refractivity contribution < 1.29 is 19.2 Å². The van der Waals surface area contributed by atoms with E-state index in [0.29, 0.717) is 23.4 Å². The predicted molar refractivity (Wildman–Crippen MR) is 116 cm³/mol. The zero-order valence-electron chi connectivity index (χ0n) is 16.8. The van der Waals surface area contributed by atoms with Crippen molar-refractivity contribution in [3.05, 3.63) is 71.2 Å². The lowest BCUT2D eigenvalue weighted by Gasteiger charge is -2.23. The zero-order chi connectivity index (χ0) is 22.1. The van der Waals surface area contributed by atoms with E-state index in [9.17, 15) is 19.2 Å². The van der Waals surface area contributed by atoms with Gasteiger partial charge in [-0.1, -0.05) is 24.3 Å². The molecular weight excluding hydrogens is 400 g/mol. The number of hydrogen-bond acceptors (Lipinski definition) is 7. The fourth-order valence-electron chi connectivity index (χ4n) is 3.85.